The smallest absolute Gasteiger partial charge is 0.136 e. The third-order valence-corrected chi connectivity index (χ3v) is 4.21. The van der Waals surface area contributed by atoms with Crippen molar-refractivity contribution in [3.05, 3.63) is 23.4 Å². The van der Waals surface area contributed by atoms with Gasteiger partial charge in [0.05, 0.1) is 5.56 Å². The standard InChI is InChI=1S/C15H23N3S/c1-10-3-6-12(7-4-10)9-17-15-13(14(16)19)8-5-11(2)18-15/h5,8,10,12H,3-4,6-7,9H2,1-2H3,(H2,16,19)(H,17,18). The first-order chi connectivity index (χ1) is 9.06. The second-order valence-corrected chi connectivity index (χ2v) is 6.16. The predicted molar refractivity (Wildman–Crippen MR) is 84.5 cm³/mol. The van der Waals surface area contributed by atoms with Crippen LogP contribution in [0.4, 0.5) is 5.82 Å². The lowest BCUT2D eigenvalue weighted by atomic mass is 9.83. The monoisotopic (exact) mass is 277 g/mol. The number of thiocarbonyl (C=S) groups is 1. The van der Waals surface area contributed by atoms with Crippen LogP contribution in [0.3, 0.4) is 0 Å². The summed E-state index contributed by atoms with van der Waals surface area (Å²) in [6, 6.07) is 3.90. The van der Waals surface area contributed by atoms with Crippen LogP contribution in [0.15, 0.2) is 12.1 Å². The molecule has 0 atom stereocenters. The van der Waals surface area contributed by atoms with Crippen molar-refractivity contribution < 1.29 is 0 Å². The van der Waals surface area contributed by atoms with Gasteiger partial charge in [-0.2, -0.15) is 0 Å². The maximum atomic E-state index is 5.74. The fraction of sp³-hybridized carbons (Fsp3) is 0.600. The molecule has 19 heavy (non-hydrogen) atoms. The first-order valence-corrected chi connectivity index (χ1v) is 7.48. The summed E-state index contributed by atoms with van der Waals surface area (Å²) in [7, 11) is 0. The van der Waals surface area contributed by atoms with Crippen LogP contribution >= 0.6 is 12.2 Å². The van der Waals surface area contributed by atoms with Crippen molar-refractivity contribution in [2.24, 2.45) is 17.6 Å². The zero-order valence-electron chi connectivity index (χ0n) is 11.8. The predicted octanol–water partition coefficient (Wildman–Crippen LogP) is 3.26. The van der Waals surface area contributed by atoms with Crippen molar-refractivity contribution >= 4 is 23.0 Å². The van der Waals surface area contributed by atoms with Crippen molar-refractivity contribution in [1.29, 1.82) is 0 Å². The van der Waals surface area contributed by atoms with Gasteiger partial charge in [-0.1, -0.05) is 32.0 Å². The van der Waals surface area contributed by atoms with Crippen molar-refractivity contribution in [2.45, 2.75) is 39.5 Å². The van der Waals surface area contributed by atoms with E-state index in [1.807, 2.05) is 19.1 Å². The topological polar surface area (TPSA) is 50.9 Å². The quantitative estimate of drug-likeness (QED) is 0.829. The molecular weight excluding hydrogens is 254 g/mol. The minimum absolute atomic E-state index is 0.410. The molecule has 0 unspecified atom stereocenters. The molecule has 1 aliphatic rings. The van der Waals surface area contributed by atoms with E-state index >= 15 is 0 Å². The molecule has 1 aromatic rings. The van der Waals surface area contributed by atoms with Gasteiger partial charge in [0.15, 0.2) is 0 Å². The molecule has 0 amide bonds. The molecule has 2 rings (SSSR count). The number of aryl methyl sites for hydroxylation is 1. The normalized spacial score (nSPS) is 23.1. The average molecular weight is 277 g/mol. The summed E-state index contributed by atoms with van der Waals surface area (Å²) < 4.78 is 0. The number of nitrogens with zero attached hydrogens (tertiary/aromatic N) is 1. The Morgan fingerprint density at radius 3 is 2.68 bits per heavy atom. The molecule has 0 aliphatic heterocycles. The van der Waals surface area contributed by atoms with Crippen LogP contribution in [0, 0.1) is 18.8 Å². The summed E-state index contributed by atoms with van der Waals surface area (Å²) >= 11 is 5.08. The number of hydrogen-bond acceptors (Lipinski definition) is 3. The Labute approximate surface area is 121 Å². The molecule has 1 saturated carbocycles. The largest absolute Gasteiger partial charge is 0.389 e. The van der Waals surface area contributed by atoms with Gasteiger partial charge in [0.2, 0.25) is 0 Å². The van der Waals surface area contributed by atoms with Gasteiger partial charge in [0.25, 0.3) is 0 Å². The molecule has 3 N–H and O–H groups in total. The van der Waals surface area contributed by atoms with Crippen LogP contribution in [0.1, 0.15) is 43.9 Å². The van der Waals surface area contributed by atoms with E-state index < -0.39 is 0 Å². The zero-order valence-corrected chi connectivity index (χ0v) is 12.6. The van der Waals surface area contributed by atoms with Gasteiger partial charge in [0.1, 0.15) is 10.8 Å². The van der Waals surface area contributed by atoms with Gasteiger partial charge in [-0.05, 0) is 43.7 Å². The van der Waals surface area contributed by atoms with Gasteiger partial charge in [-0.15, -0.1) is 0 Å². The first kappa shape index (κ1) is 14.3. The lowest BCUT2D eigenvalue weighted by Crippen LogP contribution is -2.22. The van der Waals surface area contributed by atoms with Crippen molar-refractivity contribution in [2.75, 3.05) is 11.9 Å². The SMILES string of the molecule is Cc1ccc(C(N)=S)c(NCC2CCC(C)CC2)n1. The van der Waals surface area contributed by atoms with Crippen LogP contribution in [0.5, 0.6) is 0 Å². The number of anilines is 1. The maximum Gasteiger partial charge on any atom is 0.136 e. The number of hydrogen-bond donors (Lipinski definition) is 2. The molecule has 3 nitrogen and oxygen atoms in total. The van der Waals surface area contributed by atoms with Gasteiger partial charge in [-0.3, -0.25) is 0 Å². The fourth-order valence-electron chi connectivity index (χ4n) is 2.66. The molecule has 0 bridgehead atoms. The molecule has 104 valence electrons. The second-order valence-electron chi connectivity index (χ2n) is 5.72. The third kappa shape index (κ3) is 3.90. The number of nitrogens with one attached hydrogen (secondary N) is 1. The summed E-state index contributed by atoms with van der Waals surface area (Å²) in [5, 5.41) is 3.44. The van der Waals surface area contributed by atoms with E-state index in [1.54, 1.807) is 0 Å². The van der Waals surface area contributed by atoms with Crippen LogP contribution < -0.4 is 11.1 Å². The van der Waals surface area contributed by atoms with E-state index in [0.29, 0.717) is 4.99 Å². The molecule has 1 aliphatic carbocycles. The molecule has 4 heteroatoms. The lowest BCUT2D eigenvalue weighted by Gasteiger charge is -2.26. The van der Waals surface area contributed by atoms with E-state index in [1.165, 1.54) is 25.7 Å². The Balaban J connectivity index is 1.98. The average Bonchev–Trinajstić information content (AvgIpc) is 2.38. The molecule has 0 radical (unpaired) electrons. The minimum Gasteiger partial charge on any atom is -0.389 e. The Hall–Kier alpha value is -1.16. The number of nitrogens with two attached hydrogens (primary N) is 1. The second kappa shape index (κ2) is 6.33. The zero-order chi connectivity index (χ0) is 13.8. The molecule has 0 aromatic carbocycles. The van der Waals surface area contributed by atoms with E-state index in [2.05, 4.69) is 17.2 Å². The molecule has 0 spiro atoms. The van der Waals surface area contributed by atoms with Gasteiger partial charge < -0.3 is 11.1 Å². The minimum atomic E-state index is 0.410. The van der Waals surface area contributed by atoms with Crippen LogP contribution in [0.25, 0.3) is 0 Å². The highest BCUT2D eigenvalue weighted by atomic mass is 32.1. The van der Waals surface area contributed by atoms with Crippen molar-refractivity contribution in [3.8, 4) is 0 Å². The molecule has 1 aromatic heterocycles. The molecular formula is C15H23N3S. The number of pyridine rings is 1. The van der Waals surface area contributed by atoms with Crippen LogP contribution in [-0.2, 0) is 0 Å². The Kier molecular flexibility index (Phi) is 4.75. The van der Waals surface area contributed by atoms with E-state index in [4.69, 9.17) is 18.0 Å². The lowest BCUT2D eigenvalue weighted by molar-refractivity contribution is 0.300. The summed E-state index contributed by atoms with van der Waals surface area (Å²) in [5.41, 5.74) is 7.58. The maximum absolute atomic E-state index is 5.74. The highest BCUT2D eigenvalue weighted by Crippen LogP contribution is 2.28. The van der Waals surface area contributed by atoms with Crippen LogP contribution in [-0.4, -0.2) is 16.5 Å². The Morgan fingerprint density at radius 2 is 2.05 bits per heavy atom. The van der Waals surface area contributed by atoms with Crippen LogP contribution in [0.2, 0.25) is 0 Å². The third-order valence-electron chi connectivity index (χ3n) is 3.99. The molecule has 0 saturated heterocycles. The molecule has 1 fully saturated rings. The van der Waals surface area contributed by atoms with Gasteiger partial charge in [-0.25, -0.2) is 4.98 Å². The highest BCUT2D eigenvalue weighted by molar-refractivity contribution is 7.80. The Morgan fingerprint density at radius 1 is 1.37 bits per heavy atom. The van der Waals surface area contributed by atoms with E-state index in [9.17, 15) is 0 Å². The summed E-state index contributed by atoms with van der Waals surface area (Å²) in [6.07, 6.45) is 5.30. The van der Waals surface area contributed by atoms with Gasteiger partial charge >= 0.3 is 0 Å². The van der Waals surface area contributed by atoms with E-state index in [0.717, 1.165) is 35.5 Å². The summed E-state index contributed by atoms with van der Waals surface area (Å²) in [5.74, 6) is 2.48. The van der Waals surface area contributed by atoms with Crippen molar-refractivity contribution in [3.63, 3.8) is 0 Å². The number of aromatic nitrogens is 1. The molecule has 1 heterocycles. The first-order valence-electron chi connectivity index (χ1n) is 7.07. The fourth-order valence-corrected chi connectivity index (χ4v) is 2.83. The summed E-state index contributed by atoms with van der Waals surface area (Å²) in [4.78, 5) is 4.92. The van der Waals surface area contributed by atoms with Gasteiger partial charge in [0, 0.05) is 12.2 Å². The number of rotatable bonds is 4. The van der Waals surface area contributed by atoms with Crippen molar-refractivity contribution in [1.82, 2.24) is 4.98 Å². The summed E-state index contributed by atoms with van der Waals surface area (Å²) in [6.45, 7) is 5.30. The Bertz CT molecular complexity index is 451. The highest BCUT2D eigenvalue weighted by Gasteiger charge is 2.18. The van der Waals surface area contributed by atoms with E-state index in [-0.39, 0.29) is 0 Å².